The second kappa shape index (κ2) is 6.47. The van der Waals surface area contributed by atoms with Crippen molar-refractivity contribution in [2.24, 2.45) is 5.84 Å². The summed E-state index contributed by atoms with van der Waals surface area (Å²) >= 11 is 1.44. The molecule has 0 aliphatic carbocycles. The summed E-state index contributed by atoms with van der Waals surface area (Å²) in [7, 11) is 4.30. The Morgan fingerprint density at radius 1 is 1.58 bits per heavy atom. The smallest absolute Gasteiger partial charge is 0.275 e. The number of amides is 1. The molecule has 1 amide bonds. The van der Waals surface area contributed by atoms with Gasteiger partial charge >= 0.3 is 0 Å². The molecular formula is C13H22N4OS. The van der Waals surface area contributed by atoms with Crippen LogP contribution in [0.2, 0.25) is 0 Å². The van der Waals surface area contributed by atoms with Crippen LogP contribution in [0.1, 0.15) is 28.1 Å². The highest BCUT2D eigenvalue weighted by Gasteiger charge is 2.22. The van der Waals surface area contributed by atoms with Crippen molar-refractivity contribution in [1.82, 2.24) is 15.2 Å². The van der Waals surface area contributed by atoms with Gasteiger partial charge in [-0.2, -0.15) is 0 Å². The highest BCUT2D eigenvalue weighted by molar-refractivity contribution is 7.12. The van der Waals surface area contributed by atoms with Gasteiger partial charge in [0.15, 0.2) is 0 Å². The Morgan fingerprint density at radius 2 is 2.26 bits per heavy atom. The first-order valence-electron chi connectivity index (χ1n) is 6.58. The molecule has 5 nitrogen and oxygen atoms in total. The van der Waals surface area contributed by atoms with E-state index in [1.54, 1.807) is 0 Å². The molecule has 1 aliphatic rings. The molecule has 0 saturated carbocycles. The fraction of sp³-hybridized carbons (Fsp3) is 0.615. The summed E-state index contributed by atoms with van der Waals surface area (Å²) in [6.45, 7) is 3.10. The van der Waals surface area contributed by atoms with E-state index in [1.165, 1.54) is 24.2 Å². The minimum atomic E-state index is -0.193. The van der Waals surface area contributed by atoms with Gasteiger partial charge in [-0.3, -0.25) is 15.1 Å². The van der Waals surface area contributed by atoms with Gasteiger partial charge < -0.3 is 4.90 Å². The van der Waals surface area contributed by atoms with Gasteiger partial charge in [0.2, 0.25) is 0 Å². The Morgan fingerprint density at radius 3 is 2.89 bits per heavy atom. The Kier molecular flexibility index (Phi) is 4.93. The normalized spacial score (nSPS) is 17.9. The van der Waals surface area contributed by atoms with Crippen LogP contribution in [0.4, 0.5) is 0 Å². The minimum Gasteiger partial charge on any atom is -0.306 e. The number of rotatable bonds is 4. The molecule has 0 atom stereocenters. The van der Waals surface area contributed by atoms with Crippen molar-refractivity contribution in [2.45, 2.75) is 25.4 Å². The minimum absolute atomic E-state index is 0.193. The summed E-state index contributed by atoms with van der Waals surface area (Å²) in [5, 5.41) is 1.95. The first kappa shape index (κ1) is 14.5. The lowest BCUT2D eigenvalue weighted by Gasteiger charge is -2.35. The van der Waals surface area contributed by atoms with Gasteiger partial charge in [-0.1, -0.05) is 0 Å². The summed E-state index contributed by atoms with van der Waals surface area (Å²) in [4.78, 5) is 17.1. The molecule has 2 rings (SSSR count). The van der Waals surface area contributed by atoms with Gasteiger partial charge in [-0.05, 0) is 57.0 Å². The van der Waals surface area contributed by atoms with Crippen molar-refractivity contribution in [2.75, 3.05) is 27.2 Å². The molecule has 0 spiro atoms. The van der Waals surface area contributed by atoms with Crippen LogP contribution >= 0.6 is 11.3 Å². The fourth-order valence-electron chi connectivity index (χ4n) is 2.56. The average Bonchev–Trinajstić information content (AvgIpc) is 2.86. The van der Waals surface area contributed by atoms with Crippen molar-refractivity contribution < 1.29 is 4.79 Å². The first-order valence-corrected chi connectivity index (χ1v) is 7.46. The zero-order valence-corrected chi connectivity index (χ0v) is 12.4. The van der Waals surface area contributed by atoms with Crippen LogP contribution in [-0.2, 0) is 6.54 Å². The quantitative estimate of drug-likeness (QED) is 0.489. The van der Waals surface area contributed by atoms with Crippen LogP contribution in [-0.4, -0.2) is 48.9 Å². The zero-order valence-electron chi connectivity index (χ0n) is 11.6. The summed E-state index contributed by atoms with van der Waals surface area (Å²) in [5.41, 5.74) is 3.28. The number of nitrogens with zero attached hydrogens (tertiary/aromatic N) is 2. The molecule has 6 heteroatoms. The molecular weight excluding hydrogens is 260 g/mol. The standard InChI is InChI=1S/C13H22N4OS/c1-16-6-3-11(4-7-16)17(2)9-10-5-8-19-12(10)13(18)15-14/h5,8,11H,3-4,6-7,9,14H2,1-2H3,(H,15,18). The van der Waals surface area contributed by atoms with Crippen LogP contribution in [0.3, 0.4) is 0 Å². The molecule has 1 aliphatic heterocycles. The van der Waals surface area contributed by atoms with Crippen molar-refractivity contribution in [3.8, 4) is 0 Å². The van der Waals surface area contributed by atoms with Crippen molar-refractivity contribution in [3.05, 3.63) is 21.9 Å². The third kappa shape index (κ3) is 3.54. The number of hydrogen-bond acceptors (Lipinski definition) is 5. The molecule has 106 valence electrons. The third-order valence-electron chi connectivity index (χ3n) is 3.82. The number of nitrogen functional groups attached to an aromatic ring is 1. The largest absolute Gasteiger partial charge is 0.306 e. The maximum Gasteiger partial charge on any atom is 0.275 e. The molecule has 3 N–H and O–H groups in total. The summed E-state index contributed by atoms with van der Waals surface area (Å²) in [6.07, 6.45) is 2.38. The highest BCUT2D eigenvalue weighted by Crippen LogP contribution is 2.21. The Labute approximate surface area is 118 Å². The van der Waals surface area contributed by atoms with Gasteiger partial charge in [-0.25, -0.2) is 5.84 Å². The Balaban J connectivity index is 1.97. The lowest BCUT2D eigenvalue weighted by molar-refractivity contribution is 0.0954. The monoisotopic (exact) mass is 282 g/mol. The number of piperidine rings is 1. The van der Waals surface area contributed by atoms with E-state index >= 15 is 0 Å². The predicted molar refractivity (Wildman–Crippen MR) is 78.0 cm³/mol. The van der Waals surface area contributed by atoms with Crippen molar-refractivity contribution in [1.29, 1.82) is 0 Å². The topological polar surface area (TPSA) is 61.6 Å². The second-order valence-corrected chi connectivity index (χ2v) is 6.11. The van der Waals surface area contributed by atoms with Crippen LogP contribution in [0, 0.1) is 0 Å². The lowest BCUT2D eigenvalue weighted by atomic mass is 10.0. The lowest BCUT2D eigenvalue weighted by Crippen LogP contribution is -2.41. The average molecular weight is 282 g/mol. The van der Waals surface area contributed by atoms with Gasteiger partial charge in [-0.15, -0.1) is 11.3 Å². The maximum absolute atomic E-state index is 11.6. The van der Waals surface area contributed by atoms with E-state index in [0.717, 1.165) is 30.1 Å². The van der Waals surface area contributed by atoms with Gasteiger partial charge in [0.05, 0.1) is 4.88 Å². The third-order valence-corrected chi connectivity index (χ3v) is 4.77. The van der Waals surface area contributed by atoms with E-state index in [-0.39, 0.29) is 5.91 Å². The molecule has 1 aromatic rings. The Hall–Kier alpha value is -0.950. The van der Waals surface area contributed by atoms with E-state index in [4.69, 9.17) is 5.84 Å². The van der Waals surface area contributed by atoms with Crippen LogP contribution in [0.5, 0.6) is 0 Å². The van der Waals surface area contributed by atoms with E-state index in [1.807, 2.05) is 11.4 Å². The molecule has 1 aromatic heterocycles. The van der Waals surface area contributed by atoms with E-state index < -0.39 is 0 Å². The summed E-state index contributed by atoms with van der Waals surface area (Å²) < 4.78 is 0. The first-order chi connectivity index (χ1) is 9.11. The molecule has 2 heterocycles. The van der Waals surface area contributed by atoms with Crippen molar-refractivity contribution in [3.63, 3.8) is 0 Å². The number of hydrogen-bond donors (Lipinski definition) is 2. The van der Waals surface area contributed by atoms with E-state index in [0.29, 0.717) is 6.04 Å². The molecule has 0 unspecified atom stereocenters. The van der Waals surface area contributed by atoms with E-state index in [9.17, 15) is 4.79 Å². The number of carbonyl (C=O) groups is 1. The van der Waals surface area contributed by atoms with Crippen molar-refractivity contribution >= 4 is 17.2 Å². The van der Waals surface area contributed by atoms with Gasteiger partial charge in [0, 0.05) is 12.6 Å². The summed E-state index contributed by atoms with van der Waals surface area (Å²) in [5.74, 6) is 5.02. The maximum atomic E-state index is 11.6. The fourth-order valence-corrected chi connectivity index (χ4v) is 3.38. The highest BCUT2D eigenvalue weighted by atomic mass is 32.1. The molecule has 0 bridgehead atoms. The molecule has 1 fully saturated rings. The molecule has 1 saturated heterocycles. The number of carbonyl (C=O) groups excluding carboxylic acids is 1. The van der Waals surface area contributed by atoms with Crippen LogP contribution in [0.25, 0.3) is 0 Å². The number of nitrogens with one attached hydrogen (secondary N) is 1. The van der Waals surface area contributed by atoms with Crippen LogP contribution < -0.4 is 11.3 Å². The summed E-state index contributed by atoms with van der Waals surface area (Å²) in [6, 6.07) is 2.62. The van der Waals surface area contributed by atoms with Gasteiger partial charge in [0.25, 0.3) is 5.91 Å². The number of thiophene rings is 1. The predicted octanol–water partition coefficient (Wildman–Crippen LogP) is 0.878. The van der Waals surface area contributed by atoms with E-state index in [2.05, 4.69) is 29.3 Å². The number of hydrazine groups is 1. The molecule has 19 heavy (non-hydrogen) atoms. The number of nitrogens with two attached hydrogens (primary N) is 1. The van der Waals surface area contributed by atoms with Crippen LogP contribution in [0.15, 0.2) is 11.4 Å². The van der Waals surface area contributed by atoms with Gasteiger partial charge in [0.1, 0.15) is 0 Å². The Bertz CT molecular complexity index is 426. The second-order valence-electron chi connectivity index (χ2n) is 5.20. The SMILES string of the molecule is CN1CCC(N(C)Cc2ccsc2C(=O)NN)CC1. The number of likely N-dealkylation sites (tertiary alicyclic amines) is 1. The molecule has 0 aromatic carbocycles. The molecule has 0 radical (unpaired) electrons. The zero-order chi connectivity index (χ0) is 13.8.